The van der Waals surface area contributed by atoms with Crippen molar-refractivity contribution in [1.82, 2.24) is 10.2 Å². The van der Waals surface area contributed by atoms with Gasteiger partial charge in [-0.25, -0.2) is 4.79 Å². The Morgan fingerprint density at radius 2 is 2.35 bits per heavy atom. The highest BCUT2D eigenvalue weighted by Crippen LogP contribution is 2.45. The van der Waals surface area contributed by atoms with Gasteiger partial charge in [0.05, 0.1) is 19.4 Å². The van der Waals surface area contributed by atoms with E-state index >= 15 is 0 Å². The van der Waals surface area contributed by atoms with Crippen LogP contribution in [-0.2, 0) is 6.42 Å². The summed E-state index contributed by atoms with van der Waals surface area (Å²) >= 11 is 3.54. The molecule has 2 N–H and O–H groups in total. The Morgan fingerprint density at radius 1 is 1.55 bits per heavy atom. The van der Waals surface area contributed by atoms with Crippen LogP contribution in [0.3, 0.4) is 0 Å². The maximum absolute atomic E-state index is 10.9. The highest BCUT2D eigenvalue weighted by molar-refractivity contribution is 9.10. The summed E-state index contributed by atoms with van der Waals surface area (Å²) in [5, 5.41) is 15.5. The van der Waals surface area contributed by atoms with Crippen molar-refractivity contribution in [3.05, 3.63) is 27.9 Å². The quantitative estimate of drug-likeness (QED) is 0.898. The first kappa shape index (κ1) is 13.0. The number of methoxy groups -OCH3 is 1. The maximum Gasteiger partial charge on any atom is 0.353 e. The van der Waals surface area contributed by atoms with Crippen LogP contribution in [0.4, 0.5) is 0 Å². The first-order valence-electron chi connectivity index (χ1n) is 5.93. The number of ether oxygens (including phenoxy) is 2. The third-order valence-electron chi connectivity index (χ3n) is 3.18. The van der Waals surface area contributed by atoms with Gasteiger partial charge in [0, 0.05) is 22.0 Å². The number of carbonyl (C=O) groups is 1. The third-order valence-corrected chi connectivity index (χ3v) is 4.08. The van der Waals surface area contributed by atoms with Crippen LogP contribution in [0.2, 0.25) is 0 Å². The van der Waals surface area contributed by atoms with Crippen LogP contribution >= 0.6 is 15.9 Å². The van der Waals surface area contributed by atoms with Crippen LogP contribution in [0.5, 0.6) is 11.5 Å². The average molecular weight is 339 g/mol. The van der Waals surface area contributed by atoms with Crippen LogP contribution in [0, 0.1) is 0 Å². The molecule has 104 valence electrons. The van der Waals surface area contributed by atoms with Crippen molar-refractivity contribution in [2.75, 3.05) is 13.7 Å². The lowest BCUT2D eigenvalue weighted by molar-refractivity contribution is 0.0690. The summed E-state index contributed by atoms with van der Waals surface area (Å²) < 4.78 is 11.7. The maximum atomic E-state index is 10.9. The van der Waals surface area contributed by atoms with E-state index in [1.165, 1.54) is 6.07 Å². The fourth-order valence-corrected chi connectivity index (χ4v) is 2.91. The predicted molar refractivity (Wildman–Crippen MR) is 74.4 cm³/mol. The topological polar surface area (TPSA) is 84.4 Å². The van der Waals surface area contributed by atoms with Gasteiger partial charge in [-0.3, -0.25) is 5.10 Å². The van der Waals surface area contributed by atoms with Gasteiger partial charge < -0.3 is 14.6 Å². The predicted octanol–water partition coefficient (Wildman–Crippen LogP) is 2.48. The number of carboxylic acids is 1. The fraction of sp³-hybridized carbons (Fsp3) is 0.231. The molecule has 7 heteroatoms. The van der Waals surface area contributed by atoms with E-state index in [1.54, 1.807) is 13.2 Å². The lowest BCUT2D eigenvalue weighted by Crippen LogP contribution is -1.95. The van der Waals surface area contributed by atoms with Gasteiger partial charge in [-0.15, -0.1) is 0 Å². The van der Waals surface area contributed by atoms with Crippen molar-refractivity contribution >= 4 is 21.9 Å². The van der Waals surface area contributed by atoms with Crippen LogP contribution < -0.4 is 9.47 Å². The zero-order valence-corrected chi connectivity index (χ0v) is 12.2. The minimum Gasteiger partial charge on any atom is -0.493 e. The molecule has 0 fully saturated rings. The fourth-order valence-electron chi connectivity index (χ4n) is 2.21. The van der Waals surface area contributed by atoms with E-state index in [2.05, 4.69) is 26.1 Å². The van der Waals surface area contributed by atoms with Crippen molar-refractivity contribution < 1.29 is 19.4 Å². The molecule has 1 aliphatic heterocycles. The molecular weight excluding hydrogens is 328 g/mol. The van der Waals surface area contributed by atoms with E-state index in [4.69, 9.17) is 14.6 Å². The molecule has 2 heterocycles. The van der Waals surface area contributed by atoms with Crippen molar-refractivity contribution in [3.63, 3.8) is 0 Å². The third kappa shape index (κ3) is 1.94. The normalized spacial score (nSPS) is 12.9. The first-order chi connectivity index (χ1) is 9.61. The second-order valence-electron chi connectivity index (χ2n) is 4.32. The van der Waals surface area contributed by atoms with E-state index in [1.807, 2.05) is 0 Å². The van der Waals surface area contributed by atoms with Crippen LogP contribution in [0.1, 0.15) is 16.1 Å². The van der Waals surface area contributed by atoms with Crippen LogP contribution in [0.15, 0.2) is 16.6 Å². The molecule has 0 unspecified atom stereocenters. The molecule has 3 rings (SSSR count). The molecule has 0 spiro atoms. The van der Waals surface area contributed by atoms with E-state index in [0.29, 0.717) is 18.1 Å². The highest BCUT2D eigenvalue weighted by Gasteiger charge is 2.24. The summed E-state index contributed by atoms with van der Waals surface area (Å²) in [5.41, 5.74) is 2.37. The summed E-state index contributed by atoms with van der Waals surface area (Å²) in [5.74, 6) is 0.309. The van der Waals surface area contributed by atoms with Crippen LogP contribution in [0.25, 0.3) is 11.3 Å². The molecule has 0 amide bonds. The van der Waals surface area contributed by atoms with Gasteiger partial charge in [0.2, 0.25) is 0 Å². The number of aromatic amines is 1. The Labute approximate surface area is 122 Å². The molecule has 0 radical (unpaired) electrons. The Hall–Kier alpha value is -2.02. The molecule has 1 aliphatic rings. The number of nitrogens with one attached hydrogen (secondary N) is 1. The second-order valence-corrected chi connectivity index (χ2v) is 5.11. The van der Waals surface area contributed by atoms with E-state index < -0.39 is 5.97 Å². The number of H-pyrrole nitrogens is 1. The van der Waals surface area contributed by atoms with Crippen LogP contribution in [-0.4, -0.2) is 35.0 Å². The summed E-state index contributed by atoms with van der Waals surface area (Å²) in [4.78, 5) is 10.9. The number of carboxylic acid groups (broad SMARTS) is 1. The number of aromatic nitrogens is 2. The highest BCUT2D eigenvalue weighted by atomic mass is 79.9. The molecule has 20 heavy (non-hydrogen) atoms. The Balaban J connectivity index is 2.16. The molecule has 0 atom stereocenters. The van der Waals surface area contributed by atoms with Gasteiger partial charge in [-0.1, -0.05) is 0 Å². The Bertz CT molecular complexity index is 696. The zero-order valence-electron chi connectivity index (χ0n) is 10.6. The second kappa shape index (κ2) is 4.82. The number of benzene rings is 1. The minimum atomic E-state index is -1.05. The summed E-state index contributed by atoms with van der Waals surface area (Å²) in [7, 11) is 1.57. The van der Waals surface area contributed by atoms with Gasteiger partial charge in [-0.2, -0.15) is 5.10 Å². The minimum absolute atomic E-state index is 0.0441. The van der Waals surface area contributed by atoms with E-state index in [0.717, 1.165) is 27.8 Å². The number of halogens is 1. The van der Waals surface area contributed by atoms with Gasteiger partial charge in [0.15, 0.2) is 11.5 Å². The number of aromatic carboxylic acids is 1. The number of nitrogens with zero attached hydrogens (tertiary/aromatic N) is 1. The first-order valence-corrected chi connectivity index (χ1v) is 6.72. The lowest BCUT2D eigenvalue weighted by Gasteiger charge is -2.11. The molecule has 2 aromatic rings. The van der Waals surface area contributed by atoms with E-state index in [9.17, 15) is 4.79 Å². The van der Waals surface area contributed by atoms with Gasteiger partial charge in [-0.05, 0) is 28.1 Å². The molecule has 1 aromatic carbocycles. The number of rotatable bonds is 3. The number of hydrogen-bond acceptors (Lipinski definition) is 4. The van der Waals surface area contributed by atoms with Crippen molar-refractivity contribution in [2.24, 2.45) is 0 Å². The van der Waals surface area contributed by atoms with Gasteiger partial charge in [0.25, 0.3) is 0 Å². The molecule has 0 bridgehead atoms. The Morgan fingerprint density at radius 3 is 3.00 bits per heavy atom. The van der Waals surface area contributed by atoms with Crippen molar-refractivity contribution in [1.29, 1.82) is 0 Å². The molecule has 0 saturated carbocycles. The van der Waals surface area contributed by atoms with Gasteiger partial charge >= 0.3 is 5.97 Å². The largest absolute Gasteiger partial charge is 0.493 e. The van der Waals surface area contributed by atoms with Crippen molar-refractivity contribution in [2.45, 2.75) is 6.42 Å². The molecule has 0 saturated heterocycles. The summed E-state index contributed by atoms with van der Waals surface area (Å²) in [6, 6.07) is 3.28. The summed E-state index contributed by atoms with van der Waals surface area (Å²) in [6.07, 6.45) is 0.774. The molecular formula is C13H11BrN2O4. The SMILES string of the molecule is COc1cc(-c2cc(C(=O)O)[nH]n2)c(Br)c2c1OCC2. The molecule has 1 aromatic heterocycles. The van der Waals surface area contributed by atoms with E-state index in [-0.39, 0.29) is 5.69 Å². The van der Waals surface area contributed by atoms with Gasteiger partial charge in [0.1, 0.15) is 5.69 Å². The monoisotopic (exact) mass is 338 g/mol. The lowest BCUT2D eigenvalue weighted by atomic mass is 10.0. The summed E-state index contributed by atoms with van der Waals surface area (Å²) in [6.45, 7) is 0.606. The number of hydrogen-bond donors (Lipinski definition) is 2. The average Bonchev–Trinajstić information content (AvgIpc) is 3.08. The zero-order chi connectivity index (χ0) is 14.3. The Kier molecular flexibility index (Phi) is 3.13. The molecule has 6 nitrogen and oxygen atoms in total. The molecule has 0 aliphatic carbocycles. The number of fused-ring (bicyclic) bond motifs is 1. The van der Waals surface area contributed by atoms with Crippen molar-refractivity contribution in [3.8, 4) is 22.8 Å². The smallest absolute Gasteiger partial charge is 0.353 e. The standard InChI is InChI=1S/C13H11BrN2O4/c1-19-10-4-7(8-5-9(13(17)18)16-15-8)11(14)6-2-3-20-12(6)10/h4-5H,2-3H2,1H3,(H,15,16)(H,17,18).